The Morgan fingerprint density at radius 2 is 2.33 bits per heavy atom. The highest BCUT2D eigenvalue weighted by molar-refractivity contribution is 5.84. The first kappa shape index (κ1) is 15.9. The Morgan fingerprint density at radius 3 is 2.95 bits per heavy atom. The van der Waals surface area contributed by atoms with E-state index >= 15 is 0 Å². The molecule has 7 heteroatoms. The van der Waals surface area contributed by atoms with Crippen LogP contribution in [0.5, 0.6) is 0 Å². The maximum absolute atomic E-state index is 10.7. The van der Waals surface area contributed by atoms with Gasteiger partial charge in [0.1, 0.15) is 0 Å². The van der Waals surface area contributed by atoms with Gasteiger partial charge in [0.15, 0.2) is 5.69 Å². The zero-order chi connectivity index (χ0) is 15.3. The van der Waals surface area contributed by atoms with Crippen molar-refractivity contribution in [2.45, 2.75) is 57.7 Å². The molecule has 1 aromatic rings. The van der Waals surface area contributed by atoms with E-state index in [1.54, 1.807) is 4.68 Å². The van der Waals surface area contributed by atoms with Crippen LogP contribution in [-0.4, -0.2) is 50.9 Å². The van der Waals surface area contributed by atoms with Crippen LogP contribution in [0.25, 0.3) is 0 Å². The van der Waals surface area contributed by atoms with Crippen LogP contribution in [0.3, 0.4) is 0 Å². The van der Waals surface area contributed by atoms with Crippen molar-refractivity contribution in [3.05, 3.63) is 11.9 Å². The molecule has 0 bridgehead atoms. The molecule has 21 heavy (non-hydrogen) atoms. The van der Waals surface area contributed by atoms with Crippen molar-refractivity contribution in [3.8, 4) is 0 Å². The second-order valence-corrected chi connectivity index (χ2v) is 5.55. The number of hydrogen-bond donors (Lipinski definition) is 2. The van der Waals surface area contributed by atoms with Crippen LogP contribution in [0, 0.1) is 0 Å². The summed E-state index contributed by atoms with van der Waals surface area (Å²) in [7, 11) is 0. The number of nitrogens with one attached hydrogen (secondary N) is 1. The predicted molar refractivity (Wildman–Crippen MR) is 77.3 cm³/mol. The molecule has 2 rings (SSSR count). The molecule has 1 saturated heterocycles. The minimum absolute atomic E-state index is 0.0135. The van der Waals surface area contributed by atoms with Gasteiger partial charge >= 0.3 is 5.97 Å². The molecule has 1 aromatic heterocycles. The maximum Gasteiger partial charge on any atom is 0.358 e. The van der Waals surface area contributed by atoms with Crippen LogP contribution in [0.1, 0.15) is 50.0 Å². The lowest BCUT2D eigenvalue weighted by Gasteiger charge is -2.40. The second kappa shape index (κ2) is 7.00. The fourth-order valence-electron chi connectivity index (χ4n) is 2.83. The van der Waals surface area contributed by atoms with E-state index in [9.17, 15) is 4.79 Å². The van der Waals surface area contributed by atoms with Crippen molar-refractivity contribution < 1.29 is 14.6 Å². The van der Waals surface area contributed by atoms with E-state index in [0.717, 1.165) is 38.8 Å². The van der Waals surface area contributed by atoms with Gasteiger partial charge in [0.2, 0.25) is 0 Å². The number of aromatic carboxylic acids is 1. The highest BCUT2D eigenvalue weighted by atomic mass is 16.5. The van der Waals surface area contributed by atoms with Gasteiger partial charge in [0.05, 0.1) is 18.3 Å². The average Bonchev–Trinajstić information content (AvgIpc) is 2.96. The number of carbonyl (C=O) groups is 1. The van der Waals surface area contributed by atoms with Gasteiger partial charge in [-0.1, -0.05) is 19.1 Å². The summed E-state index contributed by atoms with van der Waals surface area (Å²) < 4.78 is 7.51. The summed E-state index contributed by atoms with van der Waals surface area (Å²) in [5.41, 5.74) is -0.00308. The molecule has 0 amide bonds. The van der Waals surface area contributed by atoms with Crippen molar-refractivity contribution in [1.82, 2.24) is 20.3 Å². The monoisotopic (exact) mass is 296 g/mol. The summed E-state index contributed by atoms with van der Waals surface area (Å²) in [6.07, 6.45) is 5.56. The van der Waals surface area contributed by atoms with Gasteiger partial charge in [0, 0.05) is 19.2 Å². The summed E-state index contributed by atoms with van der Waals surface area (Å²) in [4.78, 5) is 10.7. The van der Waals surface area contributed by atoms with Crippen LogP contribution < -0.4 is 5.32 Å². The molecule has 0 aliphatic carbocycles. The number of ether oxygens (including phenoxy) is 1. The molecule has 1 aliphatic rings. The van der Waals surface area contributed by atoms with E-state index in [2.05, 4.69) is 29.5 Å². The molecule has 0 radical (unpaired) electrons. The Labute approximate surface area is 124 Å². The van der Waals surface area contributed by atoms with E-state index < -0.39 is 5.97 Å². The lowest BCUT2D eigenvalue weighted by atomic mass is 9.86. The van der Waals surface area contributed by atoms with E-state index in [0.29, 0.717) is 12.6 Å². The van der Waals surface area contributed by atoms with Crippen LogP contribution in [0.15, 0.2) is 6.20 Å². The van der Waals surface area contributed by atoms with Gasteiger partial charge in [-0.2, -0.15) is 0 Å². The van der Waals surface area contributed by atoms with Crippen molar-refractivity contribution in [3.63, 3.8) is 0 Å². The zero-order valence-electron chi connectivity index (χ0n) is 12.7. The molecule has 118 valence electrons. The van der Waals surface area contributed by atoms with Gasteiger partial charge in [-0.05, 0) is 25.7 Å². The predicted octanol–water partition coefficient (Wildman–Crippen LogP) is 1.30. The summed E-state index contributed by atoms with van der Waals surface area (Å²) in [6, 6.07) is 0.445. The largest absolute Gasteiger partial charge is 0.476 e. The second-order valence-electron chi connectivity index (χ2n) is 5.55. The van der Waals surface area contributed by atoms with E-state index in [1.807, 2.05) is 0 Å². The number of carboxylic acid groups (broad SMARTS) is 1. The summed E-state index contributed by atoms with van der Waals surface area (Å²) >= 11 is 0. The molecule has 1 fully saturated rings. The topological polar surface area (TPSA) is 89.3 Å². The average molecular weight is 296 g/mol. The Bertz CT molecular complexity index is 471. The van der Waals surface area contributed by atoms with Gasteiger partial charge in [-0.25, -0.2) is 4.79 Å². The quantitative estimate of drug-likeness (QED) is 0.788. The standard InChI is InChI=1S/C14H24N4O3/c1-3-14(4-2)9-11(5-8-21-14)15-6-7-18-10-12(13(19)20)16-17-18/h10-11,15H,3-9H2,1-2H3,(H,19,20). The molecule has 2 heterocycles. The van der Waals surface area contributed by atoms with Gasteiger partial charge < -0.3 is 15.2 Å². The zero-order valence-corrected chi connectivity index (χ0v) is 12.7. The minimum Gasteiger partial charge on any atom is -0.476 e. The van der Waals surface area contributed by atoms with Crippen molar-refractivity contribution in [1.29, 1.82) is 0 Å². The Kier molecular flexibility index (Phi) is 5.30. The van der Waals surface area contributed by atoms with Crippen LogP contribution in [0.2, 0.25) is 0 Å². The third-order valence-electron chi connectivity index (χ3n) is 4.31. The van der Waals surface area contributed by atoms with Gasteiger partial charge in [0.25, 0.3) is 0 Å². The summed E-state index contributed by atoms with van der Waals surface area (Å²) in [5, 5.41) is 19.7. The first-order valence-electron chi connectivity index (χ1n) is 7.59. The number of rotatable bonds is 7. The number of nitrogens with zero attached hydrogens (tertiary/aromatic N) is 3. The van der Waals surface area contributed by atoms with Gasteiger partial charge in [-0.15, -0.1) is 5.10 Å². The molecule has 0 saturated carbocycles. The Balaban J connectivity index is 1.78. The van der Waals surface area contributed by atoms with Crippen LogP contribution in [-0.2, 0) is 11.3 Å². The Morgan fingerprint density at radius 1 is 1.57 bits per heavy atom. The van der Waals surface area contributed by atoms with Crippen molar-refractivity contribution >= 4 is 5.97 Å². The third kappa shape index (κ3) is 4.01. The smallest absolute Gasteiger partial charge is 0.358 e. The molecular weight excluding hydrogens is 272 g/mol. The van der Waals surface area contributed by atoms with Crippen molar-refractivity contribution in [2.75, 3.05) is 13.2 Å². The summed E-state index contributed by atoms with van der Waals surface area (Å²) in [6.45, 7) is 6.51. The number of hydrogen-bond acceptors (Lipinski definition) is 5. The van der Waals surface area contributed by atoms with E-state index in [1.165, 1.54) is 6.20 Å². The van der Waals surface area contributed by atoms with Gasteiger partial charge in [-0.3, -0.25) is 4.68 Å². The maximum atomic E-state index is 10.7. The van der Waals surface area contributed by atoms with Crippen molar-refractivity contribution in [2.24, 2.45) is 0 Å². The molecule has 2 N–H and O–H groups in total. The number of aromatic nitrogens is 3. The minimum atomic E-state index is -1.05. The molecule has 7 nitrogen and oxygen atoms in total. The fourth-order valence-corrected chi connectivity index (χ4v) is 2.83. The van der Waals surface area contributed by atoms with E-state index in [4.69, 9.17) is 9.84 Å². The van der Waals surface area contributed by atoms with Crippen LogP contribution in [0.4, 0.5) is 0 Å². The molecule has 1 aliphatic heterocycles. The lowest BCUT2D eigenvalue weighted by molar-refractivity contribution is -0.0930. The molecular formula is C14H24N4O3. The third-order valence-corrected chi connectivity index (χ3v) is 4.31. The SMILES string of the molecule is CCC1(CC)CC(NCCn2cc(C(=O)O)nn2)CCO1. The summed E-state index contributed by atoms with van der Waals surface area (Å²) in [5.74, 6) is -1.05. The first-order chi connectivity index (χ1) is 10.1. The first-order valence-corrected chi connectivity index (χ1v) is 7.59. The highest BCUT2D eigenvalue weighted by Crippen LogP contribution is 2.31. The molecule has 0 aromatic carbocycles. The fraction of sp³-hybridized carbons (Fsp3) is 0.786. The lowest BCUT2D eigenvalue weighted by Crippen LogP contribution is -2.47. The Hall–Kier alpha value is -1.47. The van der Waals surface area contributed by atoms with E-state index in [-0.39, 0.29) is 11.3 Å². The molecule has 0 spiro atoms. The molecule has 1 atom stereocenters. The molecule has 1 unspecified atom stereocenters. The van der Waals surface area contributed by atoms with Crippen LogP contribution >= 0.6 is 0 Å². The highest BCUT2D eigenvalue weighted by Gasteiger charge is 2.34. The number of carboxylic acids is 1. The normalized spacial score (nSPS) is 21.3.